The maximum atomic E-state index is 14.3. The first-order valence-corrected chi connectivity index (χ1v) is 13.5. The predicted octanol–water partition coefficient (Wildman–Crippen LogP) is 5.34. The van der Waals surface area contributed by atoms with Crippen LogP contribution < -0.4 is 24.4 Å². The second-order valence-electron chi connectivity index (χ2n) is 10.1. The molecule has 2 amide bonds. The zero-order valence-corrected chi connectivity index (χ0v) is 21.6. The van der Waals surface area contributed by atoms with E-state index >= 15 is 0 Å². The van der Waals surface area contributed by atoms with Gasteiger partial charge in [-0.15, -0.1) is 0 Å². The van der Waals surface area contributed by atoms with Crippen molar-refractivity contribution >= 4 is 17.5 Å². The summed E-state index contributed by atoms with van der Waals surface area (Å²) in [5, 5.41) is 3.07. The van der Waals surface area contributed by atoms with Crippen molar-refractivity contribution in [2.24, 2.45) is 0 Å². The van der Waals surface area contributed by atoms with Gasteiger partial charge in [-0.05, 0) is 35.7 Å². The van der Waals surface area contributed by atoms with Crippen LogP contribution >= 0.6 is 0 Å². The second kappa shape index (κ2) is 10.0. The first kappa shape index (κ1) is 24.3. The zero-order chi connectivity index (χ0) is 26.1. The van der Waals surface area contributed by atoms with Crippen molar-refractivity contribution in [1.82, 2.24) is 5.32 Å². The third-order valence-electron chi connectivity index (χ3n) is 7.80. The molecule has 0 aromatic heterocycles. The lowest BCUT2D eigenvalue weighted by atomic mass is 9.77. The van der Waals surface area contributed by atoms with Gasteiger partial charge in [0.1, 0.15) is 17.8 Å². The highest BCUT2D eigenvalue weighted by atomic mass is 16.7. The molecule has 1 spiro atoms. The van der Waals surface area contributed by atoms with Crippen LogP contribution in [0.1, 0.15) is 66.1 Å². The van der Waals surface area contributed by atoms with E-state index in [2.05, 4.69) is 12.2 Å². The maximum Gasteiger partial charge on any atom is 0.251 e. The summed E-state index contributed by atoms with van der Waals surface area (Å²) in [6.07, 6.45) is 5.69. The quantitative estimate of drug-likeness (QED) is 0.392. The summed E-state index contributed by atoms with van der Waals surface area (Å²) in [6.45, 7) is 3.49. The van der Waals surface area contributed by atoms with Gasteiger partial charge in [-0.3, -0.25) is 9.59 Å². The fourth-order valence-corrected chi connectivity index (χ4v) is 5.80. The van der Waals surface area contributed by atoms with Crippen LogP contribution in [0, 0.1) is 0 Å². The number of carbonyl (C=O) groups is 2. The number of fused-ring (bicyclic) bond motifs is 5. The van der Waals surface area contributed by atoms with Gasteiger partial charge in [-0.1, -0.05) is 69.0 Å². The van der Waals surface area contributed by atoms with Crippen molar-refractivity contribution in [3.63, 3.8) is 0 Å². The number of unbranched alkanes of at least 4 members (excludes halogenated alkanes) is 4. The minimum absolute atomic E-state index is 0.0672. The number of ether oxygens (including phenoxy) is 3. The second-order valence-corrected chi connectivity index (χ2v) is 10.1. The van der Waals surface area contributed by atoms with Gasteiger partial charge >= 0.3 is 0 Å². The van der Waals surface area contributed by atoms with Crippen LogP contribution in [-0.2, 0) is 16.8 Å². The van der Waals surface area contributed by atoms with Crippen LogP contribution in [-0.4, -0.2) is 31.8 Å². The highest BCUT2D eigenvalue weighted by molar-refractivity contribution is 6.11. The van der Waals surface area contributed by atoms with Crippen molar-refractivity contribution < 1.29 is 23.8 Å². The van der Waals surface area contributed by atoms with Crippen molar-refractivity contribution in [3.05, 3.63) is 82.9 Å². The summed E-state index contributed by atoms with van der Waals surface area (Å²) < 4.78 is 17.2. The molecule has 196 valence electrons. The van der Waals surface area contributed by atoms with E-state index in [1.165, 1.54) is 19.3 Å². The molecule has 3 aromatic carbocycles. The molecule has 38 heavy (non-hydrogen) atoms. The van der Waals surface area contributed by atoms with Crippen molar-refractivity contribution in [2.75, 3.05) is 24.8 Å². The predicted molar refractivity (Wildman–Crippen MR) is 144 cm³/mol. The normalized spacial score (nSPS) is 18.4. The third-order valence-corrected chi connectivity index (χ3v) is 7.80. The molecule has 1 N–H and O–H groups in total. The lowest BCUT2D eigenvalue weighted by Crippen LogP contribution is -2.42. The standard InChI is InChI=1S/C31H32N2O5/c1-2-3-4-5-10-15-32-29(34)22-12-7-6-11-21(22)18-33-25-14-9-8-13-23(25)31(30(33)35)19-36-26-17-28-27(16-24(26)31)37-20-38-28/h6-9,11-14,16-17H,2-5,10,15,18-20H2,1H3,(H,32,34). The molecule has 0 fully saturated rings. The fourth-order valence-electron chi connectivity index (χ4n) is 5.80. The van der Waals surface area contributed by atoms with Crippen molar-refractivity contribution in [3.8, 4) is 17.2 Å². The Labute approximate surface area is 222 Å². The molecule has 7 nitrogen and oxygen atoms in total. The number of rotatable bonds is 9. The van der Waals surface area contributed by atoms with Crippen LogP contribution in [0.4, 0.5) is 5.69 Å². The van der Waals surface area contributed by atoms with E-state index in [0.717, 1.165) is 35.2 Å². The molecule has 6 rings (SSSR count). The number of nitrogens with zero attached hydrogens (tertiary/aromatic N) is 1. The van der Waals surface area contributed by atoms with Gasteiger partial charge in [0, 0.05) is 29.4 Å². The topological polar surface area (TPSA) is 77.1 Å². The Bertz CT molecular complexity index is 1390. The molecule has 0 saturated heterocycles. The molecule has 0 radical (unpaired) electrons. The summed E-state index contributed by atoms with van der Waals surface area (Å²) in [5.74, 6) is 1.71. The number of hydrogen-bond donors (Lipinski definition) is 1. The molecule has 3 heterocycles. The molecule has 3 aliphatic heterocycles. The lowest BCUT2D eigenvalue weighted by molar-refractivity contribution is -0.122. The Morgan fingerprint density at radius 1 is 0.895 bits per heavy atom. The molecule has 3 aliphatic rings. The number of benzene rings is 3. The Hall–Kier alpha value is -4.00. The van der Waals surface area contributed by atoms with E-state index in [1.807, 2.05) is 60.7 Å². The molecular weight excluding hydrogens is 480 g/mol. The van der Waals surface area contributed by atoms with E-state index in [-0.39, 0.29) is 31.8 Å². The molecule has 3 aromatic rings. The van der Waals surface area contributed by atoms with E-state index in [4.69, 9.17) is 14.2 Å². The van der Waals surface area contributed by atoms with Crippen LogP contribution in [0.5, 0.6) is 17.2 Å². The first-order valence-electron chi connectivity index (χ1n) is 13.5. The smallest absolute Gasteiger partial charge is 0.251 e. The monoisotopic (exact) mass is 512 g/mol. The number of nitrogens with one attached hydrogen (secondary N) is 1. The van der Waals surface area contributed by atoms with Crippen LogP contribution in [0.3, 0.4) is 0 Å². The molecule has 7 heteroatoms. The van der Waals surface area contributed by atoms with Crippen LogP contribution in [0.2, 0.25) is 0 Å². The summed E-state index contributed by atoms with van der Waals surface area (Å²) in [5.41, 5.74) is 2.95. The van der Waals surface area contributed by atoms with Crippen molar-refractivity contribution in [1.29, 1.82) is 0 Å². The van der Waals surface area contributed by atoms with Crippen LogP contribution in [0.15, 0.2) is 60.7 Å². The molecule has 1 unspecified atom stereocenters. The van der Waals surface area contributed by atoms with Gasteiger partial charge in [0.2, 0.25) is 12.7 Å². The van der Waals surface area contributed by atoms with Gasteiger partial charge < -0.3 is 24.4 Å². The summed E-state index contributed by atoms with van der Waals surface area (Å²) >= 11 is 0. The Morgan fingerprint density at radius 3 is 2.53 bits per heavy atom. The molecular formula is C31H32N2O5. The molecule has 0 saturated carbocycles. The minimum Gasteiger partial charge on any atom is -0.491 e. The fraction of sp³-hybridized carbons (Fsp3) is 0.355. The van der Waals surface area contributed by atoms with Gasteiger partial charge in [-0.25, -0.2) is 0 Å². The van der Waals surface area contributed by atoms with E-state index < -0.39 is 5.41 Å². The summed E-state index contributed by atoms with van der Waals surface area (Å²) in [4.78, 5) is 29.2. The highest BCUT2D eigenvalue weighted by Crippen LogP contribution is 2.55. The average molecular weight is 513 g/mol. The summed E-state index contributed by atoms with van der Waals surface area (Å²) in [7, 11) is 0. The lowest BCUT2D eigenvalue weighted by Gasteiger charge is -2.24. The minimum atomic E-state index is -0.970. The van der Waals surface area contributed by atoms with E-state index in [0.29, 0.717) is 29.4 Å². The number of carbonyl (C=O) groups excluding carboxylic acids is 2. The van der Waals surface area contributed by atoms with Gasteiger partial charge in [0.05, 0.1) is 6.54 Å². The van der Waals surface area contributed by atoms with E-state index in [1.54, 1.807) is 4.90 Å². The Kier molecular flexibility index (Phi) is 6.44. The Balaban J connectivity index is 1.28. The molecule has 1 atom stereocenters. The summed E-state index contributed by atoms with van der Waals surface area (Å²) in [6, 6.07) is 19.1. The first-order chi connectivity index (χ1) is 18.6. The van der Waals surface area contributed by atoms with Gasteiger partial charge in [0.15, 0.2) is 11.5 Å². The molecule has 0 aliphatic carbocycles. The van der Waals surface area contributed by atoms with Gasteiger partial charge in [-0.2, -0.15) is 0 Å². The maximum absolute atomic E-state index is 14.3. The largest absolute Gasteiger partial charge is 0.491 e. The van der Waals surface area contributed by atoms with Crippen LogP contribution in [0.25, 0.3) is 0 Å². The SMILES string of the molecule is CCCCCCCNC(=O)c1ccccc1CN1C(=O)C2(COc3cc4c(cc32)OCO4)c2ccccc21. The van der Waals surface area contributed by atoms with Gasteiger partial charge in [0.25, 0.3) is 5.91 Å². The number of amides is 2. The number of hydrogen-bond acceptors (Lipinski definition) is 5. The number of para-hydroxylation sites is 1. The average Bonchev–Trinajstić information content (AvgIpc) is 3.62. The van der Waals surface area contributed by atoms with Crippen molar-refractivity contribution in [2.45, 2.75) is 51.0 Å². The van der Waals surface area contributed by atoms with E-state index in [9.17, 15) is 9.59 Å². The zero-order valence-electron chi connectivity index (χ0n) is 21.6. The number of anilines is 1. The molecule has 0 bridgehead atoms. The highest BCUT2D eigenvalue weighted by Gasteiger charge is 2.57. The Morgan fingerprint density at radius 2 is 1.66 bits per heavy atom. The third kappa shape index (κ3) is 3.97.